The number of benzene rings is 1. The molecular formula is C25H28FN3O2S. The highest BCUT2D eigenvalue weighted by Gasteiger charge is 2.49. The summed E-state index contributed by atoms with van der Waals surface area (Å²) < 4.78 is 17.1. The largest absolute Gasteiger partial charge is 0.351 e. The molecule has 32 heavy (non-hydrogen) atoms. The first-order chi connectivity index (χ1) is 15.5. The number of nitrogens with one attached hydrogen (secondary N) is 1. The summed E-state index contributed by atoms with van der Waals surface area (Å²) in [6.45, 7) is 2.12. The number of carbonyl (C=O) groups is 2. The Bertz CT molecular complexity index is 1160. The first kappa shape index (κ1) is 21.2. The van der Waals surface area contributed by atoms with Crippen LogP contribution < -0.4 is 10.2 Å². The van der Waals surface area contributed by atoms with Gasteiger partial charge in [0.15, 0.2) is 0 Å². The Labute approximate surface area is 191 Å². The Morgan fingerprint density at radius 1 is 1.12 bits per heavy atom. The van der Waals surface area contributed by atoms with Crippen molar-refractivity contribution >= 4 is 39.1 Å². The number of rotatable bonds is 3. The van der Waals surface area contributed by atoms with Crippen molar-refractivity contribution in [1.29, 1.82) is 0 Å². The maximum Gasteiger partial charge on any atom is 0.275 e. The van der Waals surface area contributed by atoms with E-state index in [1.54, 1.807) is 30.4 Å². The minimum absolute atomic E-state index is 0.108. The number of amides is 2. The Balaban J connectivity index is 1.55. The topological polar surface area (TPSA) is 54.3 Å². The van der Waals surface area contributed by atoms with Gasteiger partial charge in [-0.25, -0.2) is 4.39 Å². The number of thiophene rings is 1. The van der Waals surface area contributed by atoms with Crippen LogP contribution in [0.4, 0.5) is 10.1 Å². The SMILES string of the molecule is CC1(C(=O)NC2CCCCCCC2)Cn2c(cc3sccc32)C(=O)N1c1cccc(F)c1. The number of halogens is 1. The van der Waals surface area contributed by atoms with E-state index in [2.05, 4.69) is 5.32 Å². The lowest BCUT2D eigenvalue weighted by molar-refractivity contribution is -0.127. The molecule has 1 aliphatic carbocycles. The van der Waals surface area contributed by atoms with E-state index in [9.17, 15) is 14.0 Å². The molecule has 5 rings (SSSR count). The van der Waals surface area contributed by atoms with Crippen molar-refractivity contribution in [3.8, 4) is 0 Å². The second-order valence-corrected chi connectivity index (χ2v) is 10.1. The van der Waals surface area contributed by atoms with Gasteiger partial charge in [-0.15, -0.1) is 11.3 Å². The second-order valence-electron chi connectivity index (χ2n) is 9.20. The highest BCUT2D eigenvalue weighted by atomic mass is 32.1. The molecule has 5 nitrogen and oxygen atoms in total. The lowest BCUT2D eigenvalue weighted by atomic mass is 9.91. The van der Waals surface area contributed by atoms with Gasteiger partial charge in [0.1, 0.15) is 17.1 Å². The number of nitrogens with zero attached hydrogens (tertiary/aromatic N) is 2. The lowest BCUT2D eigenvalue weighted by Gasteiger charge is -2.44. The van der Waals surface area contributed by atoms with Crippen molar-refractivity contribution in [2.45, 2.75) is 70.0 Å². The van der Waals surface area contributed by atoms with Crippen molar-refractivity contribution in [3.63, 3.8) is 0 Å². The molecule has 2 amide bonds. The van der Waals surface area contributed by atoms with Gasteiger partial charge in [0.05, 0.1) is 16.8 Å². The molecule has 0 spiro atoms. The van der Waals surface area contributed by atoms with Crippen molar-refractivity contribution in [3.05, 3.63) is 53.3 Å². The smallest absolute Gasteiger partial charge is 0.275 e. The fourth-order valence-corrected chi connectivity index (χ4v) is 6.00. The number of carbonyl (C=O) groups excluding carboxylic acids is 2. The van der Waals surface area contributed by atoms with Gasteiger partial charge in [-0.05, 0) is 55.5 Å². The van der Waals surface area contributed by atoms with Crippen molar-refractivity contribution in [2.24, 2.45) is 0 Å². The van der Waals surface area contributed by atoms with Gasteiger partial charge < -0.3 is 9.88 Å². The Hall–Kier alpha value is -2.67. The second kappa shape index (κ2) is 8.35. The molecule has 0 saturated heterocycles. The Kier molecular flexibility index (Phi) is 5.53. The lowest BCUT2D eigenvalue weighted by Crippen LogP contribution is -2.65. The highest BCUT2D eigenvalue weighted by Crippen LogP contribution is 2.37. The van der Waals surface area contributed by atoms with Gasteiger partial charge in [-0.2, -0.15) is 0 Å². The molecule has 7 heteroatoms. The van der Waals surface area contributed by atoms with E-state index in [-0.39, 0.29) is 17.9 Å². The molecule has 1 aliphatic heterocycles. The molecule has 2 aliphatic rings. The highest BCUT2D eigenvalue weighted by molar-refractivity contribution is 7.17. The molecule has 1 atom stereocenters. The molecule has 1 fully saturated rings. The van der Waals surface area contributed by atoms with Crippen LogP contribution in [0.25, 0.3) is 10.2 Å². The first-order valence-corrected chi connectivity index (χ1v) is 12.3. The third-order valence-electron chi connectivity index (χ3n) is 6.90. The molecule has 2 aromatic heterocycles. The average molecular weight is 454 g/mol. The van der Waals surface area contributed by atoms with E-state index in [1.807, 2.05) is 22.1 Å². The summed E-state index contributed by atoms with van der Waals surface area (Å²) in [5, 5.41) is 5.25. The van der Waals surface area contributed by atoms with Crippen LogP contribution in [0.3, 0.4) is 0 Å². The van der Waals surface area contributed by atoms with Crippen LogP contribution in [0.2, 0.25) is 0 Å². The van der Waals surface area contributed by atoms with Gasteiger partial charge in [0, 0.05) is 11.7 Å². The third-order valence-corrected chi connectivity index (χ3v) is 7.75. The minimum atomic E-state index is -1.17. The minimum Gasteiger partial charge on any atom is -0.351 e. The number of hydrogen-bond acceptors (Lipinski definition) is 3. The molecule has 3 aromatic rings. The van der Waals surface area contributed by atoms with Crippen LogP contribution in [0.15, 0.2) is 41.8 Å². The predicted molar refractivity (Wildman–Crippen MR) is 126 cm³/mol. The zero-order chi connectivity index (χ0) is 22.3. The van der Waals surface area contributed by atoms with Crippen LogP contribution >= 0.6 is 11.3 Å². The van der Waals surface area contributed by atoms with Crippen LogP contribution in [-0.2, 0) is 11.3 Å². The molecule has 1 saturated carbocycles. The summed E-state index contributed by atoms with van der Waals surface area (Å²) in [5.41, 5.74) is 0.726. The summed E-state index contributed by atoms with van der Waals surface area (Å²) >= 11 is 1.57. The molecule has 168 valence electrons. The fraction of sp³-hybridized carbons (Fsp3) is 0.440. The molecule has 3 heterocycles. The number of anilines is 1. The summed E-state index contributed by atoms with van der Waals surface area (Å²) in [7, 11) is 0. The first-order valence-electron chi connectivity index (χ1n) is 11.5. The Morgan fingerprint density at radius 2 is 1.88 bits per heavy atom. The normalized spacial score (nSPS) is 22.4. The van der Waals surface area contributed by atoms with E-state index >= 15 is 0 Å². The standard InChI is InChI=1S/C25H28FN3O2S/c1-25(24(31)27-18-9-5-3-2-4-6-10-18)16-28-20-12-13-32-22(20)15-21(28)23(30)29(25)19-11-7-8-17(26)14-19/h7-8,11-15,18H,2-6,9-10,16H2,1H3,(H,27,31). The van der Waals surface area contributed by atoms with Crippen LogP contribution in [0.1, 0.15) is 62.4 Å². The molecule has 1 aromatic carbocycles. The van der Waals surface area contributed by atoms with Crippen LogP contribution in [0.5, 0.6) is 0 Å². The number of fused-ring (bicyclic) bond motifs is 3. The molecular weight excluding hydrogens is 425 g/mol. The van der Waals surface area contributed by atoms with Gasteiger partial charge in [0.2, 0.25) is 5.91 Å². The molecule has 0 radical (unpaired) electrons. The summed E-state index contributed by atoms with van der Waals surface area (Å²) in [5.74, 6) is -0.885. The predicted octanol–water partition coefficient (Wildman–Crippen LogP) is 5.49. The number of aromatic nitrogens is 1. The van der Waals surface area contributed by atoms with E-state index in [1.165, 1.54) is 36.3 Å². The van der Waals surface area contributed by atoms with Gasteiger partial charge in [0.25, 0.3) is 5.91 Å². The Morgan fingerprint density at radius 3 is 2.62 bits per heavy atom. The third kappa shape index (κ3) is 3.62. The summed E-state index contributed by atoms with van der Waals surface area (Å²) in [6, 6.07) is 9.93. The molecule has 1 unspecified atom stereocenters. The van der Waals surface area contributed by atoms with Crippen molar-refractivity contribution in [1.82, 2.24) is 9.88 Å². The van der Waals surface area contributed by atoms with E-state index in [0.717, 1.165) is 35.9 Å². The van der Waals surface area contributed by atoms with Gasteiger partial charge in [-0.1, -0.05) is 38.2 Å². The summed E-state index contributed by atoms with van der Waals surface area (Å²) in [6.07, 6.45) is 7.77. The monoisotopic (exact) mass is 453 g/mol. The van der Waals surface area contributed by atoms with Gasteiger partial charge in [-0.3, -0.25) is 14.5 Å². The number of hydrogen-bond donors (Lipinski definition) is 1. The zero-order valence-electron chi connectivity index (χ0n) is 18.3. The van der Waals surface area contributed by atoms with E-state index in [4.69, 9.17) is 0 Å². The van der Waals surface area contributed by atoms with E-state index < -0.39 is 11.4 Å². The zero-order valence-corrected chi connectivity index (χ0v) is 19.1. The average Bonchev–Trinajstić information content (AvgIpc) is 3.32. The summed E-state index contributed by atoms with van der Waals surface area (Å²) in [4.78, 5) is 29.0. The van der Waals surface area contributed by atoms with Crippen LogP contribution in [0, 0.1) is 5.82 Å². The van der Waals surface area contributed by atoms with Crippen molar-refractivity contribution < 1.29 is 14.0 Å². The maximum absolute atomic E-state index is 14.1. The maximum atomic E-state index is 14.1. The quantitative estimate of drug-likeness (QED) is 0.570. The van der Waals surface area contributed by atoms with Crippen molar-refractivity contribution in [2.75, 3.05) is 4.90 Å². The van der Waals surface area contributed by atoms with Gasteiger partial charge >= 0.3 is 0 Å². The molecule has 0 bridgehead atoms. The van der Waals surface area contributed by atoms with E-state index in [0.29, 0.717) is 17.9 Å². The molecule has 1 N–H and O–H groups in total. The fourth-order valence-electron chi connectivity index (χ4n) is 5.17. The van der Waals surface area contributed by atoms with Crippen LogP contribution in [-0.4, -0.2) is 28.0 Å².